The molecular formula is C16H19NO2. The number of pyridine rings is 1. The molecule has 1 aromatic heterocycles. The predicted molar refractivity (Wildman–Crippen MR) is 76.1 cm³/mol. The molecule has 2 rings (SSSR count). The second kappa shape index (κ2) is 5.93. The Morgan fingerprint density at radius 2 is 1.95 bits per heavy atom. The topological polar surface area (TPSA) is 39.2 Å². The zero-order chi connectivity index (χ0) is 13.8. The monoisotopic (exact) mass is 257 g/mol. The van der Waals surface area contributed by atoms with Crippen LogP contribution in [0.4, 0.5) is 0 Å². The predicted octanol–water partition coefficient (Wildman–Crippen LogP) is 3.02. The van der Waals surface area contributed by atoms with Crippen LogP contribution in [-0.2, 0) is 16.0 Å². The molecule has 1 aromatic carbocycles. The number of rotatable bonds is 5. The Labute approximate surface area is 113 Å². The maximum absolute atomic E-state index is 12.2. The molecule has 0 aliphatic heterocycles. The fourth-order valence-electron chi connectivity index (χ4n) is 2.26. The van der Waals surface area contributed by atoms with E-state index >= 15 is 0 Å². The van der Waals surface area contributed by atoms with Crippen molar-refractivity contribution >= 4 is 16.7 Å². The van der Waals surface area contributed by atoms with Crippen molar-refractivity contribution in [3.63, 3.8) is 0 Å². The van der Waals surface area contributed by atoms with Crippen molar-refractivity contribution in [1.29, 1.82) is 0 Å². The number of ketones is 1. The average Bonchev–Trinajstić information content (AvgIpc) is 2.39. The van der Waals surface area contributed by atoms with Gasteiger partial charge in [-0.05, 0) is 18.1 Å². The molecule has 19 heavy (non-hydrogen) atoms. The molecule has 0 saturated carbocycles. The molecule has 0 spiro atoms. The van der Waals surface area contributed by atoms with Crippen molar-refractivity contribution in [3.05, 3.63) is 42.1 Å². The number of fused-ring (bicyclic) bond motifs is 1. The Hall–Kier alpha value is -1.74. The second-order valence-corrected chi connectivity index (χ2v) is 5.04. The van der Waals surface area contributed by atoms with Crippen molar-refractivity contribution in [2.75, 3.05) is 7.11 Å². The maximum atomic E-state index is 12.2. The molecule has 0 aliphatic rings. The van der Waals surface area contributed by atoms with Gasteiger partial charge in [-0.25, -0.2) is 0 Å². The van der Waals surface area contributed by atoms with E-state index in [9.17, 15) is 4.79 Å². The number of para-hydroxylation sites is 1. The zero-order valence-corrected chi connectivity index (χ0v) is 11.6. The van der Waals surface area contributed by atoms with Crippen LogP contribution >= 0.6 is 0 Å². The maximum Gasteiger partial charge on any atom is 0.167 e. The molecule has 0 radical (unpaired) electrons. The Morgan fingerprint density at radius 1 is 1.21 bits per heavy atom. The van der Waals surface area contributed by atoms with Crippen molar-refractivity contribution in [3.8, 4) is 0 Å². The van der Waals surface area contributed by atoms with Gasteiger partial charge in [-0.1, -0.05) is 38.1 Å². The lowest BCUT2D eigenvalue weighted by Gasteiger charge is -2.17. The highest BCUT2D eigenvalue weighted by Crippen LogP contribution is 2.14. The molecule has 100 valence electrons. The molecule has 1 heterocycles. The van der Waals surface area contributed by atoms with Crippen molar-refractivity contribution in [2.45, 2.75) is 26.4 Å². The number of nitrogens with zero attached hydrogens (tertiary/aromatic N) is 1. The van der Waals surface area contributed by atoms with Crippen LogP contribution in [0.3, 0.4) is 0 Å². The highest BCUT2D eigenvalue weighted by molar-refractivity contribution is 5.86. The lowest BCUT2D eigenvalue weighted by Crippen LogP contribution is -2.30. The fraction of sp³-hybridized carbons (Fsp3) is 0.375. The lowest BCUT2D eigenvalue weighted by molar-refractivity contribution is -0.130. The first-order valence-corrected chi connectivity index (χ1v) is 6.52. The molecule has 0 saturated heterocycles. The van der Waals surface area contributed by atoms with Gasteiger partial charge in [0.15, 0.2) is 5.78 Å². The summed E-state index contributed by atoms with van der Waals surface area (Å²) in [5.74, 6) is 0.262. The summed E-state index contributed by atoms with van der Waals surface area (Å²) in [5, 5.41) is 1.09. The summed E-state index contributed by atoms with van der Waals surface area (Å²) in [6, 6.07) is 11.8. The third-order valence-corrected chi connectivity index (χ3v) is 3.19. The van der Waals surface area contributed by atoms with E-state index in [4.69, 9.17) is 4.74 Å². The molecule has 2 aromatic rings. The Kier molecular flexibility index (Phi) is 4.27. The van der Waals surface area contributed by atoms with Crippen LogP contribution in [0.25, 0.3) is 10.9 Å². The summed E-state index contributed by atoms with van der Waals surface area (Å²) in [6.45, 7) is 3.97. The largest absolute Gasteiger partial charge is 0.373 e. The lowest BCUT2D eigenvalue weighted by atomic mass is 9.99. The minimum atomic E-state index is -0.353. The van der Waals surface area contributed by atoms with E-state index in [1.54, 1.807) is 7.11 Å². The summed E-state index contributed by atoms with van der Waals surface area (Å²) < 4.78 is 5.26. The fourth-order valence-corrected chi connectivity index (χ4v) is 2.26. The van der Waals surface area contributed by atoms with E-state index in [-0.39, 0.29) is 17.8 Å². The smallest absolute Gasteiger partial charge is 0.167 e. The summed E-state index contributed by atoms with van der Waals surface area (Å²) in [5.41, 5.74) is 1.72. The number of methoxy groups -OCH3 is 1. The van der Waals surface area contributed by atoms with Gasteiger partial charge in [0.05, 0.1) is 11.9 Å². The third kappa shape index (κ3) is 3.18. The minimum Gasteiger partial charge on any atom is -0.373 e. The van der Waals surface area contributed by atoms with Crippen LogP contribution in [0, 0.1) is 5.92 Å². The zero-order valence-electron chi connectivity index (χ0n) is 11.6. The van der Waals surface area contributed by atoms with Crippen LogP contribution < -0.4 is 0 Å². The molecule has 1 atom stereocenters. The Bertz CT molecular complexity index is 578. The number of hydrogen-bond donors (Lipinski definition) is 0. The van der Waals surface area contributed by atoms with Crippen LogP contribution in [0.5, 0.6) is 0 Å². The number of hydrogen-bond acceptors (Lipinski definition) is 3. The average molecular weight is 257 g/mol. The molecule has 3 heteroatoms. The first-order chi connectivity index (χ1) is 9.11. The normalized spacial score (nSPS) is 12.8. The van der Waals surface area contributed by atoms with Crippen LogP contribution in [0.15, 0.2) is 36.4 Å². The van der Waals surface area contributed by atoms with Crippen molar-refractivity contribution < 1.29 is 9.53 Å². The third-order valence-electron chi connectivity index (χ3n) is 3.19. The molecular weight excluding hydrogens is 238 g/mol. The Balaban J connectivity index is 2.19. The Morgan fingerprint density at radius 3 is 2.63 bits per heavy atom. The van der Waals surface area contributed by atoms with E-state index < -0.39 is 0 Å². The minimum absolute atomic E-state index is 0.0836. The first-order valence-electron chi connectivity index (χ1n) is 6.52. The second-order valence-electron chi connectivity index (χ2n) is 5.04. The van der Waals surface area contributed by atoms with E-state index in [0.717, 1.165) is 16.6 Å². The summed E-state index contributed by atoms with van der Waals surface area (Å²) in [6.07, 6.45) is -0.0325. The highest BCUT2D eigenvalue weighted by Gasteiger charge is 2.21. The van der Waals surface area contributed by atoms with Crippen LogP contribution in [0.1, 0.15) is 19.5 Å². The van der Waals surface area contributed by atoms with E-state index in [0.29, 0.717) is 6.42 Å². The van der Waals surface area contributed by atoms with Gasteiger partial charge < -0.3 is 4.74 Å². The standard InChI is InChI=1S/C16H19NO2/c1-11(2)16(19-3)15(18)10-13-9-8-12-6-4-5-7-14(12)17-13/h4-9,11,16H,10H2,1-3H3. The SMILES string of the molecule is COC(C(=O)Cc1ccc2ccccc2n1)C(C)C. The number of carbonyl (C=O) groups excluding carboxylic acids is 1. The van der Waals surface area contributed by atoms with Gasteiger partial charge >= 0.3 is 0 Å². The summed E-state index contributed by atoms with van der Waals surface area (Å²) in [4.78, 5) is 16.7. The van der Waals surface area contributed by atoms with Gasteiger partial charge in [-0.3, -0.25) is 9.78 Å². The van der Waals surface area contributed by atoms with Gasteiger partial charge in [0, 0.05) is 18.2 Å². The van der Waals surface area contributed by atoms with E-state index in [2.05, 4.69) is 4.98 Å². The molecule has 0 bridgehead atoms. The molecule has 1 unspecified atom stereocenters. The number of carbonyl (C=O) groups is 1. The van der Waals surface area contributed by atoms with Gasteiger partial charge in [-0.2, -0.15) is 0 Å². The summed E-state index contributed by atoms with van der Waals surface area (Å²) in [7, 11) is 1.58. The van der Waals surface area contributed by atoms with Gasteiger partial charge in [-0.15, -0.1) is 0 Å². The summed E-state index contributed by atoms with van der Waals surface area (Å²) >= 11 is 0. The van der Waals surface area contributed by atoms with Crippen LogP contribution in [-0.4, -0.2) is 24.0 Å². The van der Waals surface area contributed by atoms with Crippen molar-refractivity contribution in [2.24, 2.45) is 5.92 Å². The molecule has 0 fully saturated rings. The number of benzene rings is 1. The van der Waals surface area contributed by atoms with Gasteiger partial charge in [0.25, 0.3) is 0 Å². The highest BCUT2D eigenvalue weighted by atomic mass is 16.5. The molecule has 0 aliphatic carbocycles. The molecule has 0 amide bonds. The molecule has 3 nitrogen and oxygen atoms in total. The van der Waals surface area contributed by atoms with E-state index in [1.165, 1.54) is 0 Å². The van der Waals surface area contributed by atoms with Crippen LogP contribution in [0.2, 0.25) is 0 Å². The van der Waals surface area contributed by atoms with Crippen molar-refractivity contribution in [1.82, 2.24) is 4.98 Å². The number of Topliss-reactive ketones (excluding diaryl/α,β-unsaturated/α-hetero) is 1. The number of aromatic nitrogens is 1. The first kappa shape index (κ1) is 13.7. The van der Waals surface area contributed by atoms with Gasteiger partial charge in [0.2, 0.25) is 0 Å². The quantitative estimate of drug-likeness (QED) is 0.826. The molecule has 0 N–H and O–H groups in total. The van der Waals surface area contributed by atoms with Gasteiger partial charge in [0.1, 0.15) is 6.10 Å². The van der Waals surface area contributed by atoms with E-state index in [1.807, 2.05) is 50.2 Å². The number of ether oxygens (including phenoxy) is 1.